The molecule has 0 aliphatic heterocycles. The number of rotatable bonds is 6. The number of urea groups is 1. The van der Waals surface area contributed by atoms with E-state index in [-0.39, 0.29) is 23.8 Å². The van der Waals surface area contributed by atoms with Crippen LogP contribution < -0.4 is 10.1 Å². The largest absolute Gasteiger partial charge is 0.496 e. The van der Waals surface area contributed by atoms with Crippen LogP contribution in [-0.4, -0.2) is 30.0 Å². The Morgan fingerprint density at radius 2 is 1.93 bits per heavy atom. The van der Waals surface area contributed by atoms with Crippen LogP contribution in [0.25, 0.3) is 0 Å². The summed E-state index contributed by atoms with van der Waals surface area (Å²) in [7, 11) is 3.26. The van der Waals surface area contributed by atoms with Gasteiger partial charge in [0.25, 0.3) is 5.69 Å². The Bertz CT molecular complexity index is 838. The van der Waals surface area contributed by atoms with Crippen molar-refractivity contribution in [3.8, 4) is 5.75 Å². The van der Waals surface area contributed by atoms with E-state index in [1.54, 1.807) is 26.3 Å². The second-order valence-corrected chi connectivity index (χ2v) is 6.56. The second-order valence-electron chi connectivity index (χ2n) is 6.56. The average Bonchev–Trinajstić information content (AvgIpc) is 2.66. The van der Waals surface area contributed by atoms with Crippen LogP contribution in [0.1, 0.15) is 42.6 Å². The number of carbonyl (C=O) groups excluding carboxylic acids is 1. The van der Waals surface area contributed by atoms with Crippen LogP contribution in [0.5, 0.6) is 5.75 Å². The lowest BCUT2D eigenvalue weighted by Gasteiger charge is -2.28. The lowest BCUT2D eigenvalue weighted by atomic mass is 10.0. The summed E-state index contributed by atoms with van der Waals surface area (Å²) in [6.07, 6.45) is 0. The zero-order valence-corrected chi connectivity index (χ0v) is 16.2. The van der Waals surface area contributed by atoms with Crippen LogP contribution in [0.4, 0.5) is 10.5 Å². The second kappa shape index (κ2) is 8.53. The van der Waals surface area contributed by atoms with Gasteiger partial charge in [0.2, 0.25) is 0 Å². The molecule has 1 N–H and O–H groups in total. The lowest BCUT2D eigenvalue weighted by Crippen LogP contribution is -2.40. The van der Waals surface area contributed by atoms with Crippen LogP contribution >= 0.6 is 0 Å². The number of benzene rings is 2. The van der Waals surface area contributed by atoms with E-state index in [0.717, 1.165) is 11.1 Å². The Hall–Kier alpha value is -3.09. The van der Waals surface area contributed by atoms with Gasteiger partial charge in [-0.3, -0.25) is 10.1 Å². The number of ether oxygens (including phenoxy) is 1. The van der Waals surface area contributed by atoms with Crippen LogP contribution in [-0.2, 0) is 0 Å². The van der Waals surface area contributed by atoms with Crippen LogP contribution in [0.2, 0.25) is 0 Å². The third kappa shape index (κ3) is 4.75. The summed E-state index contributed by atoms with van der Waals surface area (Å²) in [6.45, 7) is 5.70. The first-order chi connectivity index (χ1) is 12.7. The normalized spacial score (nSPS) is 12.8. The van der Waals surface area contributed by atoms with E-state index in [9.17, 15) is 14.9 Å². The molecule has 144 valence electrons. The van der Waals surface area contributed by atoms with Crippen molar-refractivity contribution in [2.24, 2.45) is 0 Å². The monoisotopic (exact) mass is 371 g/mol. The Balaban J connectivity index is 2.14. The molecule has 2 rings (SSSR count). The summed E-state index contributed by atoms with van der Waals surface area (Å²) in [5.41, 5.74) is 2.67. The maximum Gasteiger partial charge on any atom is 0.318 e. The van der Waals surface area contributed by atoms with Gasteiger partial charge >= 0.3 is 6.03 Å². The fraction of sp³-hybridized carbons (Fsp3) is 0.350. The summed E-state index contributed by atoms with van der Waals surface area (Å²) in [5, 5.41) is 13.9. The number of aryl methyl sites for hydroxylation is 1. The number of amides is 2. The van der Waals surface area contributed by atoms with Gasteiger partial charge in [0.1, 0.15) is 5.75 Å². The first kappa shape index (κ1) is 20.2. The first-order valence-electron chi connectivity index (χ1n) is 8.66. The van der Waals surface area contributed by atoms with Crippen LogP contribution in [0, 0.1) is 17.0 Å². The average molecular weight is 371 g/mol. The van der Waals surface area contributed by atoms with Gasteiger partial charge in [-0.05, 0) is 32.4 Å². The summed E-state index contributed by atoms with van der Waals surface area (Å²) >= 11 is 0. The molecule has 0 fully saturated rings. The van der Waals surface area contributed by atoms with E-state index >= 15 is 0 Å². The van der Waals surface area contributed by atoms with Crippen LogP contribution in [0.3, 0.4) is 0 Å². The number of hydrogen-bond donors (Lipinski definition) is 1. The number of nitro benzene ring substituents is 1. The molecule has 0 heterocycles. The van der Waals surface area contributed by atoms with E-state index in [1.807, 2.05) is 39.0 Å². The number of methoxy groups -OCH3 is 1. The highest BCUT2D eigenvalue weighted by Crippen LogP contribution is 2.27. The zero-order chi connectivity index (χ0) is 20.1. The van der Waals surface area contributed by atoms with Crippen molar-refractivity contribution in [3.63, 3.8) is 0 Å². The molecule has 7 heteroatoms. The highest BCUT2D eigenvalue weighted by Gasteiger charge is 2.22. The quantitative estimate of drug-likeness (QED) is 0.603. The van der Waals surface area contributed by atoms with E-state index in [1.165, 1.54) is 17.0 Å². The number of hydrogen-bond acceptors (Lipinski definition) is 4. The highest BCUT2D eigenvalue weighted by molar-refractivity contribution is 5.75. The molecule has 0 saturated heterocycles. The molecule has 2 aromatic rings. The molecule has 0 radical (unpaired) electrons. The molecule has 0 spiro atoms. The standard InChI is InChI=1S/C20H25N3O4/c1-13-9-10-19(27-5)18(11-13)14(2)21-20(24)22(4)15(3)16-7-6-8-17(12-16)23(25)26/h6-12,14-15H,1-5H3,(H,21,24)/t14-,15+/m0/s1. The van der Waals surface area contributed by atoms with Gasteiger partial charge < -0.3 is 15.0 Å². The maximum atomic E-state index is 12.7. The van der Waals surface area contributed by atoms with E-state index < -0.39 is 4.92 Å². The van der Waals surface area contributed by atoms with Crippen molar-refractivity contribution >= 4 is 11.7 Å². The van der Waals surface area contributed by atoms with Gasteiger partial charge in [-0.25, -0.2) is 4.79 Å². The highest BCUT2D eigenvalue weighted by atomic mass is 16.6. The summed E-state index contributed by atoms with van der Waals surface area (Å²) in [6, 6.07) is 11.3. The molecule has 2 amide bonds. The summed E-state index contributed by atoms with van der Waals surface area (Å²) in [4.78, 5) is 24.7. The molecule has 2 atom stereocenters. The van der Waals surface area contributed by atoms with Crippen LogP contribution in [0.15, 0.2) is 42.5 Å². The molecule has 0 bridgehead atoms. The molecule has 0 unspecified atom stereocenters. The maximum absolute atomic E-state index is 12.7. The van der Waals surface area contributed by atoms with Gasteiger partial charge in [-0.15, -0.1) is 0 Å². The van der Waals surface area contributed by atoms with Gasteiger partial charge in [0.15, 0.2) is 0 Å². The molecular weight excluding hydrogens is 346 g/mol. The molecule has 0 aliphatic rings. The van der Waals surface area contributed by atoms with Gasteiger partial charge in [0, 0.05) is 24.7 Å². The fourth-order valence-corrected chi connectivity index (χ4v) is 2.85. The number of non-ortho nitro benzene ring substituents is 1. The summed E-state index contributed by atoms with van der Waals surface area (Å²) < 4.78 is 5.39. The topological polar surface area (TPSA) is 84.7 Å². The predicted octanol–water partition coefficient (Wildman–Crippen LogP) is 4.38. The van der Waals surface area contributed by atoms with Crippen molar-refractivity contribution in [1.82, 2.24) is 10.2 Å². The van der Waals surface area contributed by atoms with Crippen molar-refractivity contribution in [2.45, 2.75) is 32.9 Å². The first-order valence-corrected chi connectivity index (χ1v) is 8.66. The van der Waals surface area contributed by atoms with E-state index in [0.29, 0.717) is 11.3 Å². The molecule has 2 aromatic carbocycles. The minimum absolute atomic E-state index is 0.00558. The molecular formula is C20H25N3O4. The number of nitrogens with one attached hydrogen (secondary N) is 1. The Labute approximate surface area is 159 Å². The number of carbonyl (C=O) groups is 1. The molecule has 0 aromatic heterocycles. The minimum Gasteiger partial charge on any atom is -0.496 e. The summed E-state index contributed by atoms with van der Waals surface area (Å²) in [5.74, 6) is 0.711. The molecule has 27 heavy (non-hydrogen) atoms. The van der Waals surface area contributed by atoms with E-state index in [2.05, 4.69) is 5.32 Å². The fourth-order valence-electron chi connectivity index (χ4n) is 2.85. The third-order valence-electron chi connectivity index (χ3n) is 4.66. The van der Waals surface area contributed by atoms with Crippen molar-refractivity contribution < 1.29 is 14.5 Å². The van der Waals surface area contributed by atoms with Gasteiger partial charge in [-0.1, -0.05) is 29.8 Å². The van der Waals surface area contributed by atoms with Crippen molar-refractivity contribution in [3.05, 3.63) is 69.3 Å². The number of nitrogens with zero attached hydrogens (tertiary/aromatic N) is 2. The minimum atomic E-state index is -0.442. The third-order valence-corrected chi connectivity index (χ3v) is 4.66. The smallest absolute Gasteiger partial charge is 0.318 e. The van der Waals surface area contributed by atoms with Crippen molar-refractivity contribution in [2.75, 3.05) is 14.2 Å². The van der Waals surface area contributed by atoms with Gasteiger partial charge in [-0.2, -0.15) is 0 Å². The molecule has 7 nitrogen and oxygen atoms in total. The van der Waals surface area contributed by atoms with Crippen molar-refractivity contribution in [1.29, 1.82) is 0 Å². The lowest BCUT2D eigenvalue weighted by molar-refractivity contribution is -0.384. The molecule has 0 aliphatic carbocycles. The Kier molecular flexibility index (Phi) is 6.39. The number of nitro groups is 1. The predicted molar refractivity (Wildman–Crippen MR) is 104 cm³/mol. The van der Waals surface area contributed by atoms with Gasteiger partial charge in [0.05, 0.1) is 24.1 Å². The molecule has 0 saturated carbocycles. The Morgan fingerprint density at radius 1 is 1.22 bits per heavy atom. The van der Waals surface area contributed by atoms with E-state index in [4.69, 9.17) is 4.74 Å². The Morgan fingerprint density at radius 3 is 2.56 bits per heavy atom. The SMILES string of the molecule is COc1ccc(C)cc1[C@H](C)NC(=O)N(C)[C@H](C)c1cccc([N+](=O)[O-])c1. The zero-order valence-electron chi connectivity index (χ0n) is 16.2.